The smallest absolute Gasteiger partial charge is 0.304 e. The highest BCUT2D eigenvalue weighted by Gasteiger charge is 2.19. The van der Waals surface area contributed by atoms with Crippen molar-refractivity contribution in [3.63, 3.8) is 0 Å². The average molecular weight is 977 g/mol. The molecular formula is C44H80N8O16. The number of aliphatic carboxylic acids is 8. The summed E-state index contributed by atoms with van der Waals surface area (Å²) < 4.78 is 0. The van der Waals surface area contributed by atoms with Crippen LogP contribution in [0.2, 0.25) is 0 Å². The minimum atomic E-state index is -0.869. The van der Waals surface area contributed by atoms with Crippen molar-refractivity contribution in [3.05, 3.63) is 0 Å². The molecule has 0 unspecified atom stereocenters. The molecule has 0 atom stereocenters. The van der Waals surface area contributed by atoms with Crippen LogP contribution in [-0.4, -0.2) is 285 Å². The van der Waals surface area contributed by atoms with E-state index in [0.29, 0.717) is 157 Å². The summed E-state index contributed by atoms with van der Waals surface area (Å²) in [4.78, 5) is 105. The van der Waals surface area contributed by atoms with Crippen LogP contribution >= 0.6 is 0 Å². The molecule has 0 radical (unpaired) electrons. The molecule has 24 heteroatoms. The molecule has 68 heavy (non-hydrogen) atoms. The fourth-order valence-corrected chi connectivity index (χ4v) is 7.92. The predicted octanol–water partition coefficient (Wildman–Crippen LogP) is -0.226. The van der Waals surface area contributed by atoms with Crippen LogP contribution in [0, 0.1) is 0 Å². The third kappa shape index (κ3) is 35.6. The van der Waals surface area contributed by atoms with Gasteiger partial charge >= 0.3 is 47.8 Å². The number of rotatable bonds is 24. The molecule has 2 saturated heterocycles. The maximum atomic E-state index is 11.1. The summed E-state index contributed by atoms with van der Waals surface area (Å²) in [5.74, 6) is -6.95. The molecule has 2 aliphatic heterocycles. The fourth-order valence-electron chi connectivity index (χ4n) is 7.92. The van der Waals surface area contributed by atoms with Crippen molar-refractivity contribution in [3.8, 4) is 0 Å². The number of hydrogen-bond donors (Lipinski definition) is 8. The predicted molar refractivity (Wildman–Crippen MR) is 248 cm³/mol. The molecule has 2 aliphatic rings. The van der Waals surface area contributed by atoms with E-state index in [9.17, 15) is 38.4 Å². The molecule has 0 aromatic rings. The van der Waals surface area contributed by atoms with Gasteiger partial charge < -0.3 is 80.1 Å². The summed E-state index contributed by atoms with van der Waals surface area (Å²) in [6.45, 7) is 13.4. The lowest BCUT2D eigenvalue weighted by atomic mass is 10.2. The molecule has 24 nitrogen and oxygen atoms in total. The Kier molecular flexibility index (Phi) is 33.8. The molecule has 2 heterocycles. The average Bonchev–Trinajstić information content (AvgIpc) is 3.26. The first-order valence-electron chi connectivity index (χ1n) is 23.8. The van der Waals surface area contributed by atoms with Gasteiger partial charge in [0.1, 0.15) is 0 Å². The minimum absolute atomic E-state index is 0.0242. The maximum absolute atomic E-state index is 11.1. The van der Waals surface area contributed by atoms with Gasteiger partial charge in [-0.2, -0.15) is 0 Å². The van der Waals surface area contributed by atoms with Crippen molar-refractivity contribution in [1.29, 1.82) is 0 Å². The molecule has 8 N–H and O–H groups in total. The van der Waals surface area contributed by atoms with Gasteiger partial charge in [0.15, 0.2) is 0 Å². The third-order valence-electron chi connectivity index (χ3n) is 11.9. The maximum Gasteiger partial charge on any atom is 0.304 e. The van der Waals surface area contributed by atoms with E-state index in [0.717, 1.165) is 25.7 Å². The van der Waals surface area contributed by atoms with E-state index in [1.54, 1.807) is 0 Å². The summed E-state index contributed by atoms with van der Waals surface area (Å²) in [7, 11) is 0. The third-order valence-corrected chi connectivity index (χ3v) is 11.9. The van der Waals surface area contributed by atoms with Crippen LogP contribution in [0.5, 0.6) is 0 Å². The molecule has 0 amide bonds. The van der Waals surface area contributed by atoms with Crippen molar-refractivity contribution in [1.82, 2.24) is 39.2 Å². The quantitative estimate of drug-likeness (QED) is 0.0620. The number of carbonyl (C=O) groups is 8. The normalized spacial score (nSPS) is 18.8. The Morgan fingerprint density at radius 3 is 0.397 bits per heavy atom. The molecule has 0 aromatic heterocycles. The van der Waals surface area contributed by atoms with Crippen LogP contribution in [0.1, 0.15) is 77.0 Å². The highest BCUT2D eigenvalue weighted by molar-refractivity contribution is 5.69. The summed E-state index contributed by atoms with van der Waals surface area (Å²) in [5.41, 5.74) is 0. The zero-order chi connectivity index (χ0) is 50.7. The molecule has 0 aliphatic carbocycles. The van der Waals surface area contributed by atoms with Crippen molar-refractivity contribution in [2.45, 2.75) is 77.0 Å². The Bertz CT molecular complexity index is 1190. The van der Waals surface area contributed by atoms with Gasteiger partial charge in [-0.1, -0.05) is 0 Å². The molecule has 0 spiro atoms. The van der Waals surface area contributed by atoms with Crippen LogP contribution in [-0.2, 0) is 38.4 Å². The van der Waals surface area contributed by atoms with Gasteiger partial charge in [0.05, 0.1) is 51.4 Å². The van der Waals surface area contributed by atoms with E-state index in [-0.39, 0.29) is 51.4 Å². The van der Waals surface area contributed by atoms with Crippen molar-refractivity contribution < 1.29 is 79.2 Å². The van der Waals surface area contributed by atoms with E-state index in [2.05, 4.69) is 39.2 Å². The first-order valence-corrected chi connectivity index (χ1v) is 23.8. The fraction of sp³-hybridized carbons (Fsp3) is 0.818. The second kappa shape index (κ2) is 37.3. The van der Waals surface area contributed by atoms with E-state index < -0.39 is 47.8 Å². The van der Waals surface area contributed by atoms with Crippen LogP contribution in [0.4, 0.5) is 0 Å². The van der Waals surface area contributed by atoms with Crippen LogP contribution in [0.25, 0.3) is 0 Å². The zero-order valence-corrected chi connectivity index (χ0v) is 39.9. The van der Waals surface area contributed by atoms with Gasteiger partial charge in [-0.3, -0.25) is 38.4 Å². The molecule has 2 rings (SSSR count). The highest BCUT2D eigenvalue weighted by atomic mass is 16.4. The summed E-state index contributed by atoms with van der Waals surface area (Å²) >= 11 is 0. The van der Waals surface area contributed by atoms with Gasteiger partial charge in [0, 0.05) is 105 Å². The molecular weight excluding hydrogens is 897 g/mol. The lowest BCUT2D eigenvalue weighted by Gasteiger charge is -2.31. The van der Waals surface area contributed by atoms with Crippen molar-refractivity contribution in [2.75, 3.05) is 157 Å². The summed E-state index contributed by atoms with van der Waals surface area (Å²) in [6.07, 6.45) is 3.15. The Morgan fingerprint density at radius 2 is 0.309 bits per heavy atom. The van der Waals surface area contributed by atoms with Gasteiger partial charge in [0.2, 0.25) is 0 Å². The largest absolute Gasteiger partial charge is 0.481 e. The van der Waals surface area contributed by atoms with E-state index in [1.165, 1.54) is 0 Å². The van der Waals surface area contributed by atoms with Crippen molar-refractivity contribution in [2.24, 2.45) is 0 Å². The number of nitrogens with zero attached hydrogens (tertiary/aromatic N) is 8. The Labute approximate surface area is 399 Å². The van der Waals surface area contributed by atoms with Crippen LogP contribution in [0.15, 0.2) is 0 Å². The zero-order valence-electron chi connectivity index (χ0n) is 39.9. The Hall–Kier alpha value is -4.56. The van der Waals surface area contributed by atoms with Crippen molar-refractivity contribution >= 4 is 47.8 Å². The van der Waals surface area contributed by atoms with Gasteiger partial charge in [0.25, 0.3) is 0 Å². The lowest BCUT2D eigenvalue weighted by Crippen LogP contribution is -2.42. The second-order valence-corrected chi connectivity index (χ2v) is 17.3. The second-order valence-electron chi connectivity index (χ2n) is 17.3. The SMILES string of the molecule is O=C(O)CCN1CCCN(CCC(=O)O)CCN(CCC(=O)O)CCCN(CCC(=O)O)CC1.O=C(O)CCN1CCCN(CCC(=O)O)CCN(CCC(=O)O)CCCN(CCC(=O)O)CC1. The monoisotopic (exact) mass is 977 g/mol. The Morgan fingerprint density at radius 1 is 0.206 bits per heavy atom. The van der Waals surface area contributed by atoms with Crippen LogP contribution < -0.4 is 0 Å². The number of carboxylic acid groups (broad SMARTS) is 8. The van der Waals surface area contributed by atoms with E-state index in [4.69, 9.17) is 40.9 Å². The summed E-state index contributed by atoms with van der Waals surface area (Å²) in [5, 5.41) is 72.6. The first-order chi connectivity index (χ1) is 32.3. The molecule has 0 aromatic carbocycles. The van der Waals surface area contributed by atoms with Gasteiger partial charge in [-0.25, -0.2) is 0 Å². The lowest BCUT2D eigenvalue weighted by molar-refractivity contribution is -0.138. The van der Waals surface area contributed by atoms with E-state index >= 15 is 0 Å². The topological polar surface area (TPSA) is 324 Å². The number of hydrogen-bond acceptors (Lipinski definition) is 16. The molecule has 0 bridgehead atoms. The molecule has 2 fully saturated rings. The number of carboxylic acids is 8. The minimum Gasteiger partial charge on any atom is -0.481 e. The van der Waals surface area contributed by atoms with E-state index in [1.807, 2.05) is 0 Å². The van der Waals surface area contributed by atoms with Gasteiger partial charge in [-0.05, 0) is 78.0 Å². The first kappa shape index (κ1) is 61.5. The summed E-state index contributed by atoms with van der Waals surface area (Å²) in [6, 6.07) is 0. The molecule has 0 saturated carbocycles. The highest BCUT2D eigenvalue weighted by Crippen LogP contribution is 2.08. The van der Waals surface area contributed by atoms with Gasteiger partial charge in [-0.15, -0.1) is 0 Å². The van der Waals surface area contributed by atoms with Crippen LogP contribution in [0.3, 0.4) is 0 Å². The standard InChI is InChI=1S/2C22H40N4O8/c2*27-19(28)3-11-23-7-1-8-24(12-4-20(29)30)16-18-26(14-6-22(33)34)10-2-9-25(17-15-23)13-5-21(31)32/h2*1-18H2,(H,27,28)(H,29,30)(H,31,32)(H,33,34). The molecule has 392 valence electrons. The Balaban J connectivity index is 0.000000680.